The number of aromatic nitrogens is 13. The van der Waals surface area contributed by atoms with Crippen LogP contribution in [-0.4, -0.2) is 63.1 Å². The highest BCUT2D eigenvalue weighted by molar-refractivity contribution is 9.11. The molecule has 9 aromatic carbocycles. The Hall–Kier alpha value is -12.5. The predicted octanol–water partition coefficient (Wildman–Crippen LogP) is 24.6. The summed E-state index contributed by atoms with van der Waals surface area (Å²) >= 11 is 14.3. The van der Waals surface area contributed by atoms with Crippen LogP contribution < -0.4 is 0 Å². The summed E-state index contributed by atoms with van der Waals surface area (Å²) in [6, 6.07) is 101. The van der Waals surface area contributed by atoms with Crippen LogP contribution in [0, 0.1) is 0 Å². The van der Waals surface area contributed by atoms with Gasteiger partial charge >= 0.3 is 0 Å². The van der Waals surface area contributed by atoms with Crippen LogP contribution in [0.3, 0.4) is 0 Å². The van der Waals surface area contributed by atoms with Crippen LogP contribution in [0.1, 0.15) is 0 Å². The number of para-hydroxylation sites is 3. The Balaban J connectivity index is 0.000000105. The Morgan fingerprint density at radius 1 is 0.231 bits per heavy atom. The molecule has 0 bridgehead atoms. The Labute approximate surface area is 652 Å². The first kappa shape index (κ1) is 67.4. The van der Waals surface area contributed by atoms with E-state index >= 15 is 0 Å². The molecule has 0 saturated carbocycles. The minimum absolute atomic E-state index is 0.619. The van der Waals surface area contributed by atoms with Gasteiger partial charge in [-0.3, -0.25) is 29.1 Å². The van der Waals surface area contributed by atoms with Crippen molar-refractivity contribution in [1.29, 1.82) is 0 Å². The summed E-state index contributed by atoms with van der Waals surface area (Å²) in [5.41, 5.74) is 20.2. The summed E-state index contributed by atoms with van der Waals surface area (Å²) in [6.45, 7) is 0. The lowest BCUT2D eigenvalue weighted by Crippen LogP contribution is -2.04. The van der Waals surface area contributed by atoms with Gasteiger partial charge in [0.1, 0.15) is 11.3 Å². The molecule has 0 radical (unpaired) electrons. The highest BCUT2D eigenvalue weighted by Crippen LogP contribution is 2.40. The lowest BCUT2D eigenvalue weighted by molar-refractivity contribution is 0.997. The van der Waals surface area contributed by atoms with Crippen molar-refractivity contribution in [3.8, 4) is 68.2 Å². The molecule has 0 saturated heterocycles. The fourth-order valence-corrected chi connectivity index (χ4v) is 15.7. The first-order valence-corrected chi connectivity index (χ1v) is 38.0. The Bertz CT molecular complexity index is 6720. The standard InChI is InChI=1S/C32H20BrN5.C25H15BrN4.2C17H11BrN2/c33-23-12-13-31-26(20-23)25-9-6-16-36-32(25)38(31)24-8-5-7-21(17-24)22-18-29(27-10-1-3-14-34-27)37-30(19-22)28-11-2-4-15-35-28;26-17-12-13-22-20(15-17)18-10-6-14-27-24(18)30(22)25-28-21-11-5-4-9-19(21)23(29-25)16-7-2-1-3-8-16;18-12-6-7-16-14(10-12)15-11-19-9-8-17(15)20(16)13-4-2-1-3-5-13;18-12-6-7-16-15(10-12)14-8-9-19-11-17(14)20(16)13-4-2-1-3-5-13/h1-20H;1-15H;2*1-11H. The maximum absolute atomic E-state index is 5.04. The number of rotatable bonds is 8. The molecular formula is C91H57Br4N13. The Morgan fingerprint density at radius 3 is 1.28 bits per heavy atom. The van der Waals surface area contributed by atoms with Gasteiger partial charge < -0.3 is 9.13 Å². The molecular weight excluding hydrogens is 1590 g/mol. The molecule has 21 aromatic rings. The van der Waals surface area contributed by atoms with E-state index in [1.54, 1.807) is 12.4 Å². The van der Waals surface area contributed by atoms with Crippen molar-refractivity contribution in [2.45, 2.75) is 0 Å². The van der Waals surface area contributed by atoms with E-state index in [0.29, 0.717) is 5.95 Å². The van der Waals surface area contributed by atoms with Crippen LogP contribution in [0.15, 0.2) is 365 Å². The van der Waals surface area contributed by atoms with Crippen LogP contribution in [0.25, 0.3) is 167 Å². The summed E-state index contributed by atoms with van der Waals surface area (Å²) in [4.78, 5) is 42.0. The Kier molecular flexibility index (Phi) is 18.4. The number of hydrogen-bond acceptors (Lipinski definition) is 9. The molecule has 0 amide bonds. The zero-order valence-electron chi connectivity index (χ0n) is 57.2. The molecule has 0 aliphatic heterocycles. The second-order valence-corrected chi connectivity index (χ2v) is 29.2. The molecule has 0 aliphatic carbocycles. The summed E-state index contributed by atoms with van der Waals surface area (Å²) < 4.78 is 13.1. The van der Waals surface area contributed by atoms with Gasteiger partial charge in [-0.2, -0.15) is 0 Å². The van der Waals surface area contributed by atoms with E-state index in [2.05, 4.69) is 301 Å². The number of benzene rings is 9. The fraction of sp³-hybridized carbons (Fsp3) is 0. The molecule has 13 nitrogen and oxygen atoms in total. The maximum atomic E-state index is 5.04. The van der Waals surface area contributed by atoms with Crippen molar-refractivity contribution in [2.75, 3.05) is 0 Å². The van der Waals surface area contributed by atoms with Crippen molar-refractivity contribution < 1.29 is 0 Å². The molecule has 108 heavy (non-hydrogen) atoms. The molecule has 0 atom stereocenters. The van der Waals surface area contributed by atoms with Crippen LogP contribution >= 0.6 is 63.7 Å². The van der Waals surface area contributed by atoms with Crippen molar-refractivity contribution in [2.24, 2.45) is 0 Å². The first-order valence-electron chi connectivity index (χ1n) is 34.8. The van der Waals surface area contributed by atoms with Crippen LogP contribution in [0.4, 0.5) is 0 Å². The van der Waals surface area contributed by atoms with Gasteiger partial charge in [0.05, 0.1) is 73.3 Å². The van der Waals surface area contributed by atoms with E-state index in [-0.39, 0.29) is 0 Å². The summed E-state index contributed by atoms with van der Waals surface area (Å²) in [5, 5.41) is 10.3. The van der Waals surface area contributed by atoms with E-state index in [1.165, 1.54) is 43.8 Å². The second kappa shape index (κ2) is 29.4. The fourth-order valence-electron chi connectivity index (χ4n) is 14.3. The third-order valence-corrected chi connectivity index (χ3v) is 21.0. The monoisotopic (exact) mass is 1650 g/mol. The quantitative estimate of drug-likeness (QED) is 0.146. The number of pyridine rings is 7. The van der Waals surface area contributed by atoms with Gasteiger partial charge in [0, 0.05) is 132 Å². The van der Waals surface area contributed by atoms with Crippen molar-refractivity contribution >= 4 is 162 Å². The summed E-state index contributed by atoms with van der Waals surface area (Å²) in [5.74, 6) is 0.619. The van der Waals surface area contributed by atoms with Gasteiger partial charge in [-0.15, -0.1) is 0 Å². The van der Waals surface area contributed by atoms with E-state index in [1.807, 2.05) is 140 Å². The van der Waals surface area contributed by atoms with Gasteiger partial charge in [-0.05, 0) is 199 Å². The lowest BCUT2D eigenvalue weighted by atomic mass is 10.0. The minimum atomic E-state index is 0.619. The lowest BCUT2D eigenvalue weighted by Gasteiger charge is -2.12. The maximum Gasteiger partial charge on any atom is 0.237 e. The second-order valence-electron chi connectivity index (χ2n) is 25.6. The van der Waals surface area contributed by atoms with Gasteiger partial charge in [0.2, 0.25) is 5.95 Å². The van der Waals surface area contributed by atoms with Gasteiger partial charge in [0.15, 0.2) is 0 Å². The van der Waals surface area contributed by atoms with Crippen molar-refractivity contribution in [1.82, 2.24) is 63.1 Å². The number of fused-ring (bicyclic) bond motifs is 13. The Morgan fingerprint density at radius 2 is 0.685 bits per heavy atom. The van der Waals surface area contributed by atoms with Gasteiger partial charge in [0.25, 0.3) is 0 Å². The van der Waals surface area contributed by atoms with Crippen molar-refractivity contribution in [3.05, 3.63) is 365 Å². The first-order chi connectivity index (χ1) is 53.2. The number of halogens is 4. The van der Waals surface area contributed by atoms with Crippen LogP contribution in [-0.2, 0) is 0 Å². The highest BCUT2D eigenvalue weighted by Gasteiger charge is 2.21. The van der Waals surface area contributed by atoms with Crippen molar-refractivity contribution in [3.63, 3.8) is 0 Å². The molecule has 0 aliphatic rings. The van der Waals surface area contributed by atoms with E-state index in [0.717, 1.165) is 135 Å². The molecule has 0 N–H and O–H groups in total. The molecule has 21 rings (SSSR count). The zero-order chi connectivity index (χ0) is 72.6. The highest BCUT2D eigenvalue weighted by atomic mass is 79.9. The van der Waals surface area contributed by atoms with Gasteiger partial charge in [-0.1, -0.05) is 173 Å². The molecule has 514 valence electrons. The largest absolute Gasteiger partial charge is 0.309 e. The molecule has 17 heteroatoms. The van der Waals surface area contributed by atoms with E-state index < -0.39 is 0 Å². The molecule has 12 aromatic heterocycles. The topological polar surface area (TPSA) is 136 Å². The normalized spacial score (nSPS) is 11.3. The predicted molar refractivity (Wildman–Crippen MR) is 453 cm³/mol. The minimum Gasteiger partial charge on any atom is -0.309 e. The molecule has 12 heterocycles. The van der Waals surface area contributed by atoms with E-state index in [4.69, 9.17) is 19.9 Å². The molecule has 0 unspecified atom stereocenters. The van der Waals surface area contributed by atoms with Gasteiger partial charge in [-0.25, -0.2) is 24.9 Å². The third kappa shape index (κ3) is 13.0. The molecule has 0 spiro atoms. The summed E-state index contributed by atoms with van der Waals surface area (Å²) in [7, 11) is 0. The SMILES string of the molecule is Brc1ccc2c(c1)c1cccnc1n2-c1cccc(-c2cc(-c3ccccn3)nc(-c3ccccn3)c2)c1.Brc1ccc2c(c1)c1cccnc1n2-c1nc(-c2ccccc2)c2ccccc2n1.Brc1ccc2c(c1)c1ccncc1n2-c1ccccc1.Brc1ccc2c(c1)c1cnccc1n2-c1ccccc1. The average Bonchev–Trinajstić information content (AvgIpc) is 1.60. The van der Waals surface area contributed by atoms with Crippen LogP contribution in [0.2, 0.25) is 0 Å². The summed E-state index contributed by atoms with van der Waals surface area (Å²) in [6.07, 6.45) is 14.8. The number of hydrogen-bond donors (Lipinski definition) is 0. The average molecular weight is 1650 g/mol. The smallest absolute Gasteiger partial charge is 0.237 e. The zero-order valence-corrected chi connectivity index (χ0v) is 63.6. The number of nitrogens with zero attached hydrogens (tertiary/aromatic N) is 13. The third-order valence-electron chi connectivity index (χ3n) is 19.0. The molecule has 0 fully saturated rings. The van der Waals surface area contributed by atoms with E-state index in [9.17, 15) is 0 Å². The van der Waals surface area contributed by atoms with Crippen LogP contribution in [0.5, 0.6) is 0 Å².